The predicted molar refractivity (Wildman–Crippen MR) is 85.3 cm³/mol. The number of aromatic hydroxyl groups is 1. The highest BCUT2D eigenvalue weighted by Crippen LogP contribution is 2.27. The first kappa shape index (κ1) is 15.4. The molecule has 0 heterocycles. The Balaban J connectivity index is 1.86. The lowest BCUT2D eigenvalue weighted by molar-refractivity contribution is -0.119. The fourth-order valence-electron chi connectivity index (χ4n) is 1.76. The molecule has 3 N–H and O–H groups in total. The Morgan fingerprint density at radius 2 is 2.00 bits per heavy atom. The molecular weight excluding hydrogens is 282 g/mol. The number of hydrazone groups is 1. The van der Waals surface area contributed by atoms with Crippen LogP contribution in [0.1, 0.15) is 5.56 Å². The number of carbonyl (C=O) groups excluding carboxylic acids is 1. The Morgan fingerprint density at radius 3 is 2.73 bits per heavy atom. The van der Waals surface area contributed by atoms with Crippen molar-refractivity contribution in [2.24, 2.45) is 5.10 Å². The Bertz CT molecular complexity index is 657. The lowest BCUT2D eigenvalue weighted by Gasteiger charge is -2.06. The van der Waals surface area contributed by atoms with E-state index in [2.05, 4.69) is 15.8 Å². The fraction of sp³-hybridized carbons (Fsp3) is 0.125. The van der Waals surface area contributed by atoms with Crippen molar-refractivity contribution in [3.05, 3.63) is 54.1 Å². The standard InChI is InChI=1S/C16H17N3O3/c1-22-14-9-5-6-12(16(14)21)10-18-19-15(20)11-17-13-7-3-2-4-8-13/h2-10,17,21H,11H2,1H3,(H,19,20)/b18-10-. The van der Waals surface area contributed by atoms with Gasteiger partial charge in [-0.15, -0.1) is 0 Å². The lowest BCUT2D eigenvalue weighted by atomic mass is 10.2. The molecule has 114 valence electrons. The second-order valence-electron chi connectivity index (χ2n) is 4.41. The van der Waals surface area contributed by atoms with Gasteiger partial charge >= 0.3 is 0 Å². The van der Waals surface area contributed by atoms with E-state index in [1.165, 1.54) is 13.3 Å². The van der Waals surface area contributed by atoms with Crippen LogP contribution in [0.2, 0.25) is 0 Å². The quantitative estimate of drug-likeness (QED) is 0.562. The number of phenolic OH excluding ortho intramolecular Hbond substituents is 1. The Labute approximate surface area is 128 Å². The van der Waals surface area contributed by atoms with Gasteiger partial charge in [-0.1, -0.05) is 24.3 Å². The van der Waals surface area contributed by atoms with E-state index >= 15 is 0 Å². The number of hydrogen-bond donors (Lipinski definition) is 3. The van der Waals surface area contributed by atoms with Gasteiger partial charge < -0.3 is 15.2 Å². The van der Waals surface area contributed by atoms with Gasteiger partial charge in [-0.2, -0.15) is 5.10 Å². The van der Waals surface area contributed by atoms with Crippen LogP contribution in [0, 0.1) is 0 Å². The highest BCUT2D eigenvalue weighted by atomic mass is 16.5. The molecule has 0 saturated heterocycles. The topological polar surface area (TPSA) is 83.0 Å². The van der Waals surface area contributed by atoms with Gasteiger partial charge in [0.25, 0.3) is 5.91 Å². The number of anilines is 1. The van der Waals surface area contributed by atoms with Gasteiger partial charge in [-0.05, 0) is 24.3 Å². The molecule has 2 rings (SSSR count). The Kier molecular flexibility index (Phi) is 5.37. The van der Waals surface area contributed by atoms with Crippen LogP contribution in [0.25, 0.3) is 0 Å². The SMILES string of the molecule is COc1cccc(/C=N\NC(=O)CNc2ccccc2)c1O. The van der Waals surface area contributed by atoms with Crippen molar-refractivity contribution in [2.75, 3.05) is 19.0 Å². The zero-order valence-corrected chi connectivity index (χ0v) is 12.1. The third kappa shape index (κ3) is 4.24. The summed E-state index contributed by atoms with van der Waals surface area (Å²) in [5.74, 6) is 0.0360. The number of benzene rings is 2. The molecule has 0 radical (unpaired) electrons. The third-order valence-electron chi connectivity index (χ3n) is 2.87. The van der Waals surface area contributed by atoms with E-state index in [0.29, 0.717) is 11.3 Å². The first-order valence-corrected chi connectivity index (χ1v) is 6.67. The van der Waals surface area contributed by atoms with Crippen LogP contribution in [0.3, 0.4) is 0 Å². The van der Waals surface area contributed by atoms with Crippen LogP contribution < -0.4 is 15.5 Å². The van der Waals surface area contributed by atoms with E-state index in [0.717, 1.165) is 5.69 Å². The van der Waals surface area contributed by atoms with Crippen LogP contribution >= 0.6 is 0 Å². The molecule has 2 aromatic carbocycles. The summed E-state index contributed by atoms with van der Waals surface area (Å²) >= 11 is 0. The van der Waals surface area contributed by atoms with E-state index in [1.807, 2.05) is 30.3 Å². The number of amides is 1. The number of hydrogen-bond acceptors (Lipinski definition) is 5. The molecule has 22 heavy (non-hydrogen) atoms. The van der Waals surface area contributed by atoms with Crippen molar-refractivity contribution in [3.8, 4) is 11.5 Å². The normalized spacial score (nSPS) is 10.4. The van der Waals surface area contributed by atoms with E-state index in [1.54, 1.807) is 18.2 Å². The molecule has 6 nitrogen and oxygen atoms in total. The minimum atomic E-state index is -0.289. The average Bonchev–Trinajstić information content (AvgIpc) is 2.55. The molecule has 0 aliphatic heterocycles. The summed E-state index contributed by atoms with van der Waals surface area (Å²) in [5, 5.41) is 16.6. The molecule has 0 saturated carbocycles. The van der Waals surface area contributed by atoms with E-state index < -0.39 is 0 Å². The summed E-state index contributed by atoms with van der Waals surface area (Å²) in [6.45, 7) is 0.103. The molecule has 0 fully saturated rings. The highest BCUT2D eigenvalue weighted by Gasteiger charge is 2.05. The van der Waals surface area contributed by atoms with Gasteiger partial charge in [0.2, 0.25) is 0 Å². The van der Waals surface area contributed by atoms with Crippen LogP contribution in [0.15, 0.2) is 53.6 Å². The zero-order chi connectivity index (χ0) is 15.8. The Morgan fingerprint density at radius 1 is 1.23 bits per heavy atom. The molecule has 0 aliphatic rings. The maximum atomic E-state index is 11.6. The second kappa shape index (κ2) is 7.68. The molecular formula is C16H17N3O3. The first-order valence-electron chi connectivity index (χ1n) is 6.67. The Hall–Kier alpha value is -3.02. The molecule has 0 spiro atoms. The van der Waals surface area contributed by atoms with Crippen molar-refractivity contribution >= 4 is 17.8 Å². The largest absolute Gasteiger partial charge is 0.504 e. The van der Waals surface area contributed by atoms with E-state index in [-0.39, 0.29) is 18.2 Å². The fourth-order valence-corrected chi connectivity index (χ4v) is 1.76. The summed E-state index contributed by atoms with van der Waals surface area (Å²) in [6, 6.07) is 14.4. The summed E-state index contributed by atoms with van der Waals surface area (Å²) in [4.78, 5) is 11.6. The highest BCUT2D eigenvalue weighted by molar-refractivity contribution is 5.87. The number of phenols is 1. The molecule has 0 unspecified atom stereocenters. The van der Waals surface area contributed by atoms with Crippen LogP contribution in [0.4, 0.5) is 5.69 Å². The summed E-state index contributed by atoms with van der Waals surface area (Å²) < 4.78 is 4.99. The number of methoxy groups -OCH3 is 1. The number of nitrogens with one attached hydrogen (secondary N) is 2. The molecule has 0 aromatic heterocycles. The number of carbonyl (C=O) groups is 1. The van der Waals surface area contributed by atoms with Crippen LogP contribution in [-0.4, -0.2) is 30.9 Å². The van der Waals surface area contributed by atoms with E-state index in [9.17, 15) is 9.90 Å². The van der Waals surface area contributed by atoms with Gasteiger partial charge in [-0.25, -0.2) is 5.43 Å². The maximum Gasteiger partial charge on any atom is 0.259 e. The number of nitrogens with zero attached hydrogens (tertiary/aromatic N) is 1. The molecule has 0 atom stereocenters. The molecule has 2 aromatic rings. The summed E-state index contributed by atoms with van der Waals surface area (Å²) in [5.41, 5.74) is 3.69. The minimum absolute atomic E-state index is 0.0228. The van der Waals surface area contributed by atoms with Crippen LogP contribution in [0.5, 0.6) is 11.5 Å². The predicted octanol–water partition coefficient (Wildman–Crippen LogP) is 1.96. The zero-order valence-electron chi connectivity index (χ0n) is 12.1. The minimum Gasteiger partial charge on any atom is -0.504 e. The van der Waals surface area contributed by atoms with E-state index in [4.69, 9.17) is 4.74 Å². The smallest absolute Gasteiger partial charge is 0.259 e. The van der Waals surface area contributed by atoms with Crippen molar-refractivity contribution in [3.63, 3.8) is 0 Å². The van der Waals surface area contributed by atoms with Gasteiger partial charge in [0.1, 0.15) is 0 Å². The summed E-state index contributed by atoms with van der Waals surface area (Å²) in [6.07, 6.45) is 1.36. The average molecular weight is 299 g/mol. The van der Waals surface area contributed by atoms with Crippen molar-refractivity contribution < 1.29 is 14.6 Å². The molecule has 6 heteroatoms. The van der Waals surface area contributed by atoms with Crippen LogP contribution in [-0.2, 0) is 4.79 Å². The molecule has 0 aliphatic carbocycles. The van der Waals surface area contributed by atoms with Crippen molar-refractivity contribution in [2.45, 2.75) is 0 Å². The summed E-state index contributed by atoms with van der Waals surface area (Å²) in [7, 11) is 1.47. The number of rotatable bonds is 6. The van der Waals surface area contributed by atoms with Gasteiger partial charge in [0, 0.05) is 11.3 Å². The van der Waals surface area contributed by atoms with Gasteiger partial charge in [0.05, 0.1) is 19.9 Å². The maximum absolute atomic E-state index is 11.6. The van der Waals surface area contributed by atoms with Crippen molar-refractivity contribution in [1.82, 2.24) is 5.43 Å². The number of ether oxygens (including phenoxy) is 1. The lowest BCUT2D eigenvalue weighted by Crippen LogP contribution is -2.25. The van der Waals surface area contributed by atoms with Crippen molar-refractivity contribution in [1.29, 1.82) is 0 Å². The monoisotopic (exact) mass is 299 g/mol. The second-order valence-corrected chi connectivity index (χ2v) is 4.41. The number of para-hydroxylation sites is 2. The van der Waals surface area contributed by atoms with Gasteiger partial charge in [-0.3, -0.25) is 4.79 Å². The first-order chi connectivity index (χ1) is 10.7. The molecule has 0 bridgehead atoms. The van der Waals surface area contributed by atoms with Gasteiger partial charge in [0.15, 0.2) is 11.5 Å². The third-order valence-corrected chi connectivity index (χ3v) is 2.87. The molecule has 1 amide bonds.